The Morgan fingerprint density at radius 3 is 1.13 bits per heavy atom. The van der Waals surface area contributed by atoms with Crippen LogP contribution in [0, 0.1) is 0 Å². The fourth-order valence-electron chi connectivity index (χ4n) is 14.5. The maximum atomic E-state index is 2.44. The van der Waals surface area contributed by atoms with E-state index in [1.807, 2.05) is 45.3 Å². The predicted octanol–water partition coefficient (Wildman–Crippen LogP) is 26.7. The van der Waals surface area contributed by atoms with E-state index in [2.05, 4.69) is 337 Å². The van der Waals surface area contributed by atoms with Crippen molar-refractivity contribution < 1.29 is 0 Å². The molecule has 6 heterocycles. The van der Waals surface area contributed by atoms with E-state index in [0.29, 0.717) is 0 Å². The summed E-state index contributed by atoms with van der Waals surface area (Å²) >= 11 is 7.58. The number of rotatable bonds is 8. The molecule has 6 aromatic heterocycles. The Bertz CT molecular complexity index is 6340. The molecule has 0 radical (unpaired) electrons. The lowest BCUT2D eigenvalue weighted by atomic mass is 9.95. The van der Waals surface area contributed by atoms with Gasteiger partial charge in [-0.15, -0.1) is 45.3 Å². The molecule has 14 aromatic carbocycles. The van der Waals surface area contributed by atoms with Gasteiger partial charge in [-0.3, -0.25) is 0 Å². The van der Waals surface area contributed by atoms with Gasteiger partial charge in [0.1, 0.15) is 0 Å². The van der Waals surface area contributed by atoms with Gasteiger partial charge in [0.05, 0.1) is 31.5 Å². The summed E-state index contributed by atoms with van der Waals surface area (Å²) in [6, 6.07) is 120. The molecule has 0 unspecified atom stereocenters. The lowest BCUT2D eigenvalue weighted by molar-refractivity contribution is 1.19. The summed E-state index contributed by atoms with van der Waals surface area (Å²) in [4.78, 5) is 0. The van der Waals surface area contributed by atoms with Crippen LogP contribution < -0.4 is 0 Å². The average Bonchev–Trinajstić information content (AvgIpc) is 1.57. The maximum Gasteiger partial charge on any atom is 0.0727 e. The second kappa shape index (κ2) is 22.4. The van der Waals surface area contributed by atoms with Gasteiger partial charge in [-0.1, -0.05) is 237 Å². The standard InChI is InChI=1S/2C44H27NS2/c1-3-12-28(13-4-1)34-20-10-21-36-41-33(19-11-23-40(41)47-43(34)36)31-15-9-14-29(26-31)30-24-25-39-37(27-30)42-44(46-39)35-18-7-8-22-38(35)45(42)32-16-5-2-6-17-32;1-3-11-28(12-4-1)30-21-23-40-37(26-30)35-19-10-18-34(43(35)46-40)32-14-9-13-29(25-32)31-22-24-41-38(27-31)42-44(47-41)36-17-7-8-20-39(36)45(42)33-15-5-2-6-16-33/h2*1-27H. The third-order valence-electron chi connectivity index (χ3n) is 18.8. The minimum atomic E-state index is 1.19. The van der Waals surface area contributed by atoms with Crippen LogP contribution in [-0.4, -0.2) is 9.13 Å². The van der Waals surface area contributed by atoms with Crippen LogP contribution in [0.3, 0.4) is 0 Å². The zero-order valence-electron chi connectivity index (χ0n) is 50.7. The highest BCUT2D eigenvalue weighted by Crippen LogP contribution is 2.49. The van der Waals surface area contributed by atoms with Crippen LogP contribution in [0.15, 0.2) is 328 Å². The smallest absolute Gasteiger partial charge is 0.0727 e. The van der Waals surface area contributed by atoms with E-state index in [-0.39, 0.29) is 0 Å². The van der Waals surface area contributed by atoms with Crippen molar-refractivity contribution in [3.63, 3.8) is 0 Å². The van der Waals surface area contributed by atoms with Crippen LogP contribution in [0.4, 0.5) is 0 Å². The van der Waals surface area contributed by atoms with Crippen molar-refractivity contribution in [2.24, 2.45) is 0 Å². The van der Waals surface area contributed by atoms with Gasteiger partial charge < -0.3 is 9.13 Å². The van der Waals surface area contributed by atoms with E-state index in [4.69, 9.17) is 0 Å². The molecule has 94 heavy (non-hydrogen) atoms. The Kier molecular flexibility index (Phi) is 13.1. The predicted molar refractivity (Wildman–Crippen MR) is 411 cm³/mol. The van der Waals surface area contributed by atoms with E-state index in [0.717, 1.165) is 0 Å². The summed E-state index contributed by atoms with van der Waals surface area (Å²) in [6.45, 7) is 0. The molecule has 0 spiro atoms. The monoisotopic (exact) mass is 1270 g/mol. The highest BCUT2D eigenvalue weighted by molar-refractivity contribution is 7.28. The van der Waals surface area contributed by atoms with E-state index in [1.54, 1.807) is 0 Å². The zero-order chi connectivity index (χ0) is 61.8. The highest BCUT2D eigenvalue weighted by Gasteiger charge is 2.22. The second-order valence-corrected chi connectivity index (χ2v) is 28.4. The molecule has 0 atom stereocenters. The first kappa shape index (κ1) is 54.7. The third-order valence-corrected chi connectivity index (χ3v) is 23.6. The molecule has 0 saturated carbocycles. The Labute approximate surface area is 558 Å². The minimum absolute atomic E-state index is 1.19. The Balaban J connectivity index is 0.000000133. The number of nitrogens with zero attached hydrogens (tertiary/aromatic N) is 2. The number of benzene rings is 14. The van der Waals surface area contributed by atoms with Crippen molar-refractivity contribution in [3.8, 4) is 78.1 Å². The van der Waals surface area contributed by atoms with Gasteiger partial charge in [-0.2, -0.15) is 0 Å². The lowest BCUT2D eigenvalue weighted by Crippen LogP contribution is -1.92. The molecule has 6 heteroatoms. The van der Waals surface area contributed by atoms with Crippen LogP contribution in [0.2, 0.25) is 0 Å². The molecule has 20 rings (SSSR count). The van der Waals surface area contributed by atoms with Gasteiger partial charge in [0.25, 0.3) is 0 Å². The van der Waals surface area contributed by atoms with Gasteiger partial charge >= 0.3 is 0 Å². The number of para-hydroxylation sites is 4. The number of hydrogen-bond acceptors (Lipinski definition) is 4. The summed E-state index contributed by atoms with van der Waals surface area (Å²) < 4.78 is 15.5. The fraction of sp³-hybridized carbons (Fsp3) is 0. The number of hydrogen-bond donors (Lipinski definition) is 0. The minimum Gasteiger partial charge on any atom is -0.308 e. The molecule has 0 amide bonds. The number of fused-ring (bicyclic) bond motifs is 16. The van der Waals surface area contributed by atoms with Crippen LogP contribution in [0.25, 0.3) is 181 Å². The maximum absolute atomic E-state index is 2.44. The first-order valence-electron chi connectivity index (χ1n) is 31.9. The van der Waals surface area contributed by atoms with Crippen molar-refractivity contribution in [3.05, 3.63) is 328 Å². The highest BCUT2D eigenvalue weighted by atomic mass is 32.1. The van der Waals surface area contributed by atoms with Gasteiger partial charge in [0.2, 0.25) is 0 Å². The van der Waals surface area contributed by atoms with Crippen molar-refractivity contribution >= 4 is 148 Å². The van der Waals surface area contributed by atoms with E-state index in [9.17, 15) is 0 Å². The Morgan fingerprint density at radius 2 is 0.553 bits per heavy atom. The summed E-state index contributed by atoms with van der Waals surface area (Å²) in [6.07, 6.45) is 0. The molecule has 0 aliphatic rings. The molecule has 0 N–H and O–H groups in total. The molecular formula is C88H54N2S4. The van der Waals surface area contributed by atoms with Crippen LogP contribution in [-0.2, 0) is 0 Å². The number of aromatic nitrogens is 2. The Morgan fingerprint density at radius 1 is 0.191 bits per heavy atom. The van der Waals surface area contributed by atoms with Gasteiger partial charge in [0, 0.05) is 82.7 Å². The van der Waals surface area contributed by atoms with E-state index >= 15 is 0 Å². The molecule has 440 valence electrons. The van der Waals surface area contributed by atoms with Crippen LogP contribution in [0.5, 0.6) is 0 Å². The lowest BCUT2D eigenvalue weighted by Gasteiger charge is -2.10. The summed E-state index contributed by atoms with van der Waals surface area (Å²) in [5.41, 5.74) is 22.5. The third kappa shape index (κ3) is 9.01. The largest absolute Gasteiger partial charge is 0.308 e. The SMILES string of the molecule is c1ccc(-c2ccc3sc4c(-c5cccc(-c6ccc7sc8c9ccccc9n(-c9ccccc9)c8c7c6)c5)cccc4c3c2)cc1.c1ccc(-c2cccc3c2sc2cccc(-c4cccc(-c5ccc6sc7c8ccccc8n(-c8ccccc8)c7c6c5)c4)c23)cc1. The summed E-state index contributed by atoms with van der Waals surface area (Å²) in [5, 5.41) is 10.5. The molecule has 0 aliphatic carbocycles. The normalized spacial score (nSPS) is 11.8. The van der Waals surface area contributed by atoms with E-state index < -0.39 is 0 Å². The molecular weight excluding hydrogens is 1210 g/mol. The average molecular weight is 1270 g/mol. The zero-order valence-corrected chi connectivity index (χ0v) is 54.0. The second-order valence-electron chi connectivity index (χ2n) is 24.2. The van der Waals surface area contributed by atoms with Crippen molar-refractivity contribution in [1.82, 2.24) is 9.13 Å². The molecule has 2 nitrogen and oxygen atoms in total. The van der Waals surface area contributed by atoms with Crippen molar-refractivity contribution in [2.75, 3.05) is 0 Å². The van der Waals surface area contributed by atoms with Gasteiger partial charge in [0.15, 0.2) is 0 Å². The van der Waals surface area contributed by atoms with Gasteiger partial charge in [-0.25, -0.2) is 0 Å². The molecule has 0 fully saturated rings. The fourth-order valence-corrected chi connectivity index (χ4v) is 19.4. The van der Waals surface area contributed by atoms with Crippen molar-refractivity contribution in [2.45, 2.75) is 0 Å². The van der Waals surface area contributed by atoms with E-state index in [1.165, 1.54) is 181 Å². The molecule has 0 aliphatic heterocycles. The van der Waals surface area contributed by atoms with Gasteiger partial charge in [-0.05, 0) is 158 Å². The molecule has 0 bridgehead atoms. The molecule has 20 aromatic rings. The molecule has 0 saturated heterocycles. The number of thiophene rings is 4. The first-order chi connectivity index (χ1) is 46.6. The Hall–Kier alpha value is -11.0. The summed E-state index contributed by atoms with van der Waals surface area (Å²) in [5.74, 6) is 0. The summed E-state index contributed by atoms with van der Waals surface area (Å²) in [7, 11) is 0. The first-order valence-corrected chi connectivity index (χ1v) is 35.1. The van der Waals surface area contributed by atoms with Crippen LogP contribution >= 0.6 is 45.3 Å². The van der Waals surface area contributed by atoms with Crippen LogP contribution in [0.1, 0.15) is 0 Å². The quantitative estimate of drug-likeness (QED) is 0.143. The topological polar surface area (TPSA) is 9.86 Å². The van der Waals surface area contributed by atoms with Crippen molar-refractivity contribution in [1.29, 1.82) is 0 Å².